The minimum atomic E-state index is 0.0902. The van der Waals surface area contributed by atoms with Crippen molar-refractivity contribution in [3.63, 3.8) is 0 Å². The average Bonchev–Trinajstić information content (AvgIpc) is 2.29. The first-order valence-electron chi connectivity index (χ1n) is 6.54. The van der Waals surface area contributed by atoms with Crippen molar-refractivity contribution in [2.75, 3.05) is 33.8 Å². The third-order valence-corrected chi connectivity index (χ3v) is 3.84. The Hall–Kier alpha value is -0.120. The van der Waals surface area contributed by atoms with Crippen molar-refractivity contribution in [2.45, 2.75) is 51.2 Å². The van der Waals surface area contributed by atoms with E-state index in [9.17, 15) is 0 Å². The van der Waals surface area contributed by atoms with E-state index in [0.717, 1.165) is 6.54 Å². The highest BCUT2D eigenvalue weighted by Gasteiger charge is 2.30. The van der Waals surface area contributed by atoms with E-state index in [2.05, 4.69) is 24.1 Å². The molecule has 0 spiro atoms. The quantitative estimate of drug-likeness (QED) is 0.751. The van der Waals surface area contributed by atoms with Crippen LogP contribution in [0.1, 0.15) is 39.5 Å². The zero-order chi connectivity index (χ0) is 12.0. The number of nitrogens with one attached hydrogen (secondary N) is 1. The summed E-state index contributed by atoms with van der Waals surface area (Å²) in [6.45, 7) is 8.03. The van der Waals surface area contributed by atoms with Crippen LogP contribution in [0.2, 0.25) is 0 Å². The number of nitrogens with zero attached hydrogens (tertiary/aromatic N) is 1. The van der Waals surface area contributed by atoms with Gasteiger partial charge in [-0.15, -0.1) is 0 Å². The van der Waals surface area contributed by atoms with Crippen molar-refractivity contribution in [1.82, 2.24) is 10.2 Å². The summed E-state index contributed by atoms with van der Waals surface area (Å²) >= 11 is 0. The molecule has 96 valence electrons. The van der Waals surface area contributed by atoms with Crippen molar-refractivity contribution in [3.05, 3.63) is 0 Å². The van der Waals surface area contributed by atoms with Crippen LogP contribution in [0.5, 0.6) is 0 Å². The standard InChI is InChI=1S/C13H28N2O/c1-12(14-3)7-5-9-15-10-6-8-13(2,11-15)16-4/h12,14H,5-11H2,1-4H3. The molecule has 0 aliphatic carbocycles. The minimum absolute atomic E-state index is 0.0902. The van der Waals surface area contributed by atoms with Crippen LogP contribution in [-0.2, 0) is 4.74 Å². The van der Waals surface area contributed by atoms with Crippen molar-refractivity contribution in [2.24, 2.45) is 0 Å². The molecule has 0 radical (unpaired) electrons. The summed E-state index contributed by atoms with van der Waals surface area (Å²) in [7, 11) is 3.88. The van der Waals surface area contributed by atoms with Crippen LogP contribution in [0, 0.1) is 0 Å². The number of ether oxygens (including phenoxy) is 1. The van der Waals surface area contributed by atoms with Crippen LogP contribution in [0.25, 0.3) is 0 Å². The van der Waals surface area contributed by atoms with Crippen LogP contribution in [0.15, 0.2) is 0 Å². The van der Waals surface area contributed by atoms with Gasteiger partial charge in [-0.3, -0.25) is 0 Å². The van der Waals surface area contributed by atoms with E-state index in [0.29, 0.717) is 6.04 Å². The largest absolute Gasteiger partial charge is 0.377 e. The van der Waals surface area contributed by atoms with Gasteiger partial charge in [0.2, 0.25) is 0 Å². The van der Waals surface area contributed by atoms with Gasteiger partial charge in [-0.25, -0.2) is 0 Å². The Bertz CT molecular complexity index is 198. The molecule has 16 heavy (non-hydrogen) atoms. The maximum absolute atomic E-state index is 5.60. The predicted molar refractivity (Wildman–Crippen MR) is 68.8 cm³/mol. The molecular formula is C13H28N2O. The topological polar surface area (TPSA) is 24.5 Å². The molecule has 0 aromatic heterocycles. The van der Waals surface area contributed by atoms with E-state index >= 15 is 0 Å². The van der Waals surface area contributed by atoms with E-state index in [-0.39, 0.29) is 5.60 Å². The molecule has 1 aliphatic heterocycles. The summed E-state index contributed by atoms with van der Waals surface area (Å²) in [6, 6.07) is 0.638. The normalized spacial score (nSPS) is 29.2. The van der Waals surface area contributed by atoms with Crippen LogP contribution < -0.4 is 5.32 Å². The average molecular weight is 228 g/mol. The molecule has 0 aromatic carbocycles. The molecular weight excluding hydrogens is 200 g/mol. The van der Waals surface area contributed by atoms with Gasteiger partial charge in [0.25, 0.3) is 0 Å². The van der Waals surface area contributed by atoms with Gasteiger partial charge in [0.1, 0.15) is 0 Å². The molecule has 2 unspecified atom stereocenters. The Kier molecular flexibility index (Phi) is 5.73. The summed E-state index contributed by atoms with van der Waals surface area (Å²) < 4.78 is 5.60. The highest BCUT2D eigenvalue weighted by atomic mass is 16.5. The molecule has 1 aliphatic rings. The lowest BCUT2D eigenvalue weighted by atomic mass is 9.94. The van der Waals surface area contributed by atoms with Crippen LogP contribution in [0.3, 0.4) is 0 Å². The second-order valence-corrected chi connectivity index (χ2v) is 5.37. The van der Waals surface area contributed by atoms with Gasteiger partial charge < -0.3 is 15.0 Å². The smallest absolute Gasteiger partial charge is 0.0777 e. The number of hydrogen-bond acceptors (Lipinski definition) is 3. The number of hydrogen-bond donors (Lipinski definition) is 1. The summed E-state index contributed by atoms with van der Waals surface area (Å²) in [6.07, 6.45) is 5.01. The first-order chi connectivity index (χ1) is 7.59. The van der Waals surface area contributed by atoms with E-state index in [1.807, 2.05) is 14.2 Å². The lowest BCUT2D eigenvalue weighted by Gasteiger charge is -2.39. The molecule has 0 amide bonds. The molecule has 0 aromatic rings. The van der Waals surface area contributed by atoms with E-state index in [4.69, 9.17) is 4.74 Å². The molecule has 1 N–H and O–H groups in total. The molecule has 1 fully saturated rings. The molecule has 0 saturated carbocycles. The summed E-state index contributed by atoms with van der Waals surface area (Å²) in [5, 5.41) is 3.29. The van der Waals surface area contributed by atoms with Crippen LogP contribution >= 0.6 is 0 Å². The monoisotopic (exact) mass is 228 g/mol. The van der Waals surface area contributed by atoms with E-state index < -0.39 is 0 Å². The molecule has 0 bridgehead atoms. The second kappa shape index (κ2) is 6.58. The van der Waals surface area contributed by atoms with Crippen LogP contribution in [-0.4, -0.2) is 50.3 Å². The SMILES string of the molecule is CNC(C)CCCN1CCCC(C)(OC)C1. The predicted octanol–water partition coefficient (Wildman–Crippen LogP) is 1.88. The number of likely N-dealkylation sites (tertiary alicyclic amines) is 1. The van der Waals surface area contributed by atoms with Gasteiger partial charge in [-0.1, -0.05) is 0 Å². The van der Waals surface area contributed by atoms with Gasteiger partial charge in [0.15, 0.2) is 0 Å². The van der Waals surface area contributed by atoms with Crippen molar-refractivity contribution in [1.29, 1.82) is 0 Å². The Balaban J connectivity index is 2.22. The van der Waals surface area contributed by atoms with Crippen molar-refractivity contribution < 1.29 is 4.74 Å². The lowest BCUT2D eigenvalue weighted by molar-refractivity contribution is -0.0508. The zero-order valence-electron chi connectivity index (χ0n) is 11.4. The summed E-state index contributed by atoms with van der Waals surface area (Å²) in [4.78, 5) is 2.55. The van der Waals surface area contributed by atoms with Crippen LogP contribution in [0.4, 0.5) is 0 Å². The maximum Gasteiger partial charge on any atom is 0.0777 e. The minimum Gasteiger partial charge on any atom is -0.377 e. The Morgan fingerprint density at radius 3 is 2.88 bits per heavy atom. The Morgan fingerprint density at radius 2 is 2.25 bits per heavy atom. The molecule has 3 nitrogen and oxygen atoms in total. The molecule has 1 saturated heterocycles. The summed E-state index contributed by atoms with van der Waals surface area (Å²) in [5.41, 5.74) is 0.0902. The fraction of sp³-hybridized carbons (Fsp3) is 1.00. The number of piperidine rings is 1. The van der Waals surface area contributed by atoms with E-state index in [1.54, 1.807) is 0 Å². The van der Waals surface area contributed by atoms with Gasteiger partial charge in [0.05, 0.1) is 5.60 Å². The van der Waals surface area contributed by atoms with E-state index in [1.165, 1.54) is 38.8 Å². The Morgan fingerprint density at radius 1 is 1.50 bits per heavy atom. The zero-order valence-corrected chi connectivity index (χ0v) is 11.4. The van der Waals surface area contributed by atoms with Gasteiger partial charge in [0, 0.05) is 19.7 Å². The maximum atomic E-state index is 5.60. The third kappa shape index (κ3) is 4.40. The fourth-order valence-corrected chi connectivity index (χ4v) is 2.43. The summed E-state index contributed by atoms with van der Waals surface area (Å²) in [5.74, 6) is 0. The van der Waals surface area contributed by atoms with Crippen molar-refractivity contribution in [3.8, 4) is 0 Å². The highest BCUT2D eigenvalue weighted by molar-refractivity contribution is 4.84. The first kappa shape index (κ1) is 13.9. The van der Waals surface area contributed by atoms with Gasteiger partial charge in [-0.2, -0.15) is 0 Å². The second-order valence-electron chi connectivity index (χ2n) is 5.37. The Labute approximate surface area is 101 Å². The molecule has 3 heteroatoms. The van der Waals surface area contributed by atoms with Gasteiger partial charge >= 0.3 is 0 Å². The first-order valence-corrected chi connectivity index (χ1v) is 6.54. The van der Waals surface area contributed by atoms with Gasteiger partial charge in [-0.05, 0) is 59.7 Å². The number of methoxy groups -OCH3 is 1. The fourth-order valence-electron chi connectivity index (χ4n) is 2.43. The van der Waals surface area contributed by atoms with Crippen molar-refractivity contribution >= 4 is 0 Å². The number of rotatable bonds is 6. The third-order valence-electron chi connectivity index (χ3n) is 3.84. The highest BCUT2D eigenvalue weighted by Crippen LogP contribution is 2.23. The molecule has 2 atom stereocenters. The lowest BCUT2D eigenvalue weighted by Crippen LogP contribution is -2.47. The molecule has 1 rings (SSSR count). The molecule has 1 heterocycles.